The molecule has 2 amide bonds. The number of benzene rings is 4. The first-order valence-electron chi connectivity index (χ1n) is 14.3. The number of Topliss-reactive ketones (excluding diaryl/α,β-unsaturated/α-hetero) is 2. The minimum absolute atomic E-state index is 0.0321. The number of ketones is 2. The summed E-state index contributed by atoms with van der Waals surface area (Å²) in [6.07, 6.45) is 0. The van der Waals surface area contributed by atoms with E-state index in [1.165, 1.54) is 4.90 Å². The number of rotatable bonds is 3. The van der Waals surface area contributed by atoms with E-state index >= 15 is 4.79 Å². The quantitative estimate of drug-likeness (QED) is 0.177. The summed E-state index contributed by atoms with van der Waals surface area (Å²) in [5.41, 5.74) is 2.90. The summed E-state index contributed by atoms with van der Waals surface area (Å²) in [7, 11) is 0. The van der Waals surface area contributed by atoms with Gasteiger partial charge in [0.1, 0.15) is 5.76 Å². The van der Waals surface area contributed by atoms with Gasteiger partial charge in [-0.25, -0.2) is 0 Å². The molecule has 1 unspecified atom stereocenters. The van der Waals surface area contributed by atoms with Gasteiger partial charge in [0, 0.05) is 28.1 Å². The van der Waals surface area contributed by atoms with Crippen molar-refractivity contribution in [1.29, 1.82) is 0 Å². The normalized spacial score (nSPS) is 20.3. The lowest BCUT2D eigenvalue weighted by Gasteiger charge is -2.36. The maximum atomic E-state index is 15.3. The Kier molecular flexibility index (Phi) is 5.87. The van der Waals surface area contributed by atoms with Gasteiger partial charge in [0.25, 0.3) is 11.7 Å². The fourth-order valence-corrected chi connectivity index (χ4v) is 6.72. The van der Waals surface area contributed by atoms with E-state index in [1.54, 1.807) is 79.7 Å². The Labute approximate surface area is 254 Å². The Bertz CT molecular complexity index is 2040. The molecule has 1 atom stereocenters. The predicted molar refractivity (Wildman–Crippen MR) is 168 cm³/mol. The molecule has 1 saturated heterocycles. The highest BCUT2D eigenvalue weighted by atomic mass is 16.3. The van der Waals surface area contributed by atoms with Crippen molar-refractivity contribution in [1.82, 2.24) is 0 Å². The molecule has 2 aliphatic heterocycles. The number of aliphatic hydroxyl groups is 1. The standard InChI is InChI=1S/C37H28N2O5/c1-20-9-14-24(15-10-20)38-31-27-7-5-6-8-28(27)33(41)29(31)37(36(38)44)30(32(40)26-18-13-22(3)19-23(26)4)34(42)35(43)39(37)25-16-11-21(2)12-17-25/h5-19,40H,1-4H3/b32-30-. The number of carbonyl (C=O) groups is 4. The molecule has 2 heterocycles. The Morgan fingerprint density at radius 1 is 0.659 bits per heavy atom. The van der Waals surface area contributed by atoms with Crippen molar-refractivity contribution >= 4 is 46.2 Å². The maximum Gasteiger partial charge on any atom is 0.300 e. The minimum Gasteiger partial charge on any atom is -0.507 e. The average Bonchev–Trinajstić information content (AvgIpc) is 3.53. The van der Waals surface area contributed by atoms with E-state index in [0.717, 1.165) is 21.6 Å². The van der Waals surface area contributed by atoms with Crippen LogP contribution in [0.1, 0.15) is 43.7 Å². The number of anilines is 2. The van der Waals surface area contributed by atoms with Gasteiger partial charge in [-0.2, -0.15) is 0 Å². The molecular weight excluding hydrogens is 552 g/mol. The highest BCUT2D eigenvalue weighted by molar-refractivity contribution is 6.58. The topological polar surface area (TPSA) is 95.0 Å². The summed E-state index contributed by atoms with van der Waals surface area (Å²) in [4.78, 5) is 60.6. The van der Waals surface area contributed by atoms with E-state index in [1.807, 2.05) is 39.0 Å². The second-order valence-corrected chi connectivity index (χ2v) is 11.6. The fraction of sp³-hybridized carbons (Fsp3) is 0.135. The number of hydrogen-bond donors (Lipinski definition) is 1. The van der Waals surface area contributed by atoms with Gasteiger partial charge >= 0.3 is 5.91 Å². The molecule has 1 N–H and O–H groups in total. The molecule has 1 aliphatic carbocycles. The zero-order chi connectivity index (χ0) is 31.1. The second-order valence-electron chi connectivity index (χ2n) is 11.6. The number of carbonyl (C=O) groups excluding carboxylic acids is 4. The molecule has 7 heteroatoms. The molecule has 4 aromatic carbocycles. The van der Waals surface area contributed by atoms with Crippen LogP contribution in [0.4, 0.5) is 11.4 Å². The lowest BCUT2D eigenvalue weighted by Crippen LogP contribution is -2.57. The number of fused-ring (bicyclic) bond motifs is 3. The van der Waals surface area contributed by atoms with Crippen molar-refractivity contribution in [3.05, 3.63) is 141 Å². The first-order chi connectivity index (χ1) is 21.1. The molecular formula is C37H28N2O5. The highest BCUT2D eigenvalue weighted by Crippen LogP contribution is 2.57. The fourth-order valence-electron chi connectivity index (χ4n) is 6.72. The average molecular weight is 581 g/mol. The van der Waals surface area contributed by atoms with Crippen LogP contribution >= 0.6 is 0 Å². The van der Waals surface area contributed by atoms with E-state index in [0.29, 0.717) is 33.6 Å². The van der Waals surface area contributed by atoms with Crippen molar-refractivity contribution in [3.63, 3.8) is 0 Å². The number of hydrogen-bond acceptors (Lipinski definition) is 5. The van der Waals surface area contributed by atoms with E-state index in [2.05, 4.69) is 0 Å². The summed E-state index contributed by atoms with van der Waals surface area (Å²) in [5, 5.41) is 12.0. The Morgan fingerprint density at radius 3 is 1.84 bits per heavy atom. The number of aryl methyl sites for hydroxylation is 4. The monoisotopic (exact) mass is 580 g/mol. The molecule has 7 nitrogen and oxygen atoms in total. The molecule has 4 aromatic rings. The highest BCUT2D eigenvalue weighted by Gasteiger charge is 2.71. The van der Waals surface area contributed by atoms with Gasteiger partial charge in [-0.15, -0.1) is 0 Å². The van der Waals surface area contributed by atoms with Gasteiger partial charge in [-0.3, -0.25) is 29.0 Å². The number of aliphatic hydroxyl groups excluding tert-OH is 1. The molecule has 216 valence electrons. The predicted octanol–water partition coefficient (Wildman–Crippen LogP) is 6.20. The van der Waals surface area contributed by atoms with Crippen molar-refractivity contribution in [3.8, 4) is 0 Å². The molecule has 44 heavy (non-hydrogen) atoms. The van der Waals surface area contributed by atoms with E-state index < -0.39 is 40.3 Å². The van der Waals surface area contributed by atoms with Crippen molar-refractivity contribution in [2.75, 3.05) is 9.80 Å². The lowest BCUT2D eigenvalue weighted by atomic mass is 9.79. The first-order valence-corrected chi connectivity index (χ1v) is 14.3. The summed E-state index contributed by atoms with van der Waals surface area (Å²) in [5.74, 6) is -3.73. The van der Waals surface area contributed by atoms with Gasteiger partial charge in [-0.05, 0) is 57.5 Å². The third-order valence-electron chi connectivity index (χ3n) is 8.77. The van der Waals surface area contributed by atoms with Gasteiger partial charge in [-0.1, -0.05) is 83.4 Å². The van der Waals surface area contributed by atoms with Crippen LogP contribution < -0.4 is 9.80 Å². The van der Waals surface area contributed by atoms with E-state index in [4.69, 9.17) is 0 Å². The largest absolute Gasteiger partial charge is 0.507 e. The van der Waals surface area contributed by atoms with Gasteiger partial charge < -0.3 is 5.11 Å². The zero-order valence-corrected chi connectivity index (χ0v) is 24.6. The maximum absolute atomic E-state index is 15.3. The summed E-state index contributed by atoms with van der Waals surface area (Å²) in [6, 6.07) is 26.3. The molecule has 0 aromatic heterocycles. The van der Waals surface area contributed by atoms with Crippen LogP contribution in [0, 0.1) is 27.7 Å². The number of nitrogens with zero attached hydrogens (tertiary/aromatic N) is 2. The van der Waals surface area contributed by atoms with Crippen molar-refractivity contribution < 1.29 is 24.3 Å². The molecule has 3 aliphatic rings. The summed E-state index contributed by atoms with van der Waals surface area (Å²) in [6.45, 7) is 7.48. The Balaban J connectivity index is 1.63. The third-order valence-corrected chi connectivity index (χ3v) is 8.77. The molecule has 0 bridgehead atoms. The number of amides is 2. The molecule has 0 saturated carbocycles. The molecule has 1 spiro atoms. The van der Waals surface area contributed by atoms with Crippen molar-refractivity contribution in [2.24, 2.45) is 0 Å². The summed E-state index contributed by atoms with van der Waals surface area (Å²) < 4.78 is 0. The minimum atomic E-state index is -2.26. The molecule has 0 radical (unpaired) electrons. The van der Waals surface area contributed by atoms with Crippen LogP contribution in [-0.4, -0.2) is 34.0 Å². The summed E-state index contributed by atoms with van der Waals surface area (Å²) >= 11 is 0. The van der Waals surface area contributed by atoms with Gasteiger partial charge in [0.2, 0.25) is 0 Å². The zero-order valence-electron chi connectivity index (χ0n) is 24.6. The van der Waals surface area contributed by atoms with Gasteiger partial charge in [0.15, 0.2) is 11.3 Å². The molecule has 1 fully saturated rings. The molecule has 7 rings (SSSR count). The van der Waals surface area contributed by atoms with Crippen molar-refractivity contribution in [2.45, 2.75) is 33.2 Å². The Hall–Kier alpha value is -5.56. The van der Waals surface area contributed by atoms with Crippen LogP contribution in [0.2, 0.25) is 0 Å². The smallest absolute Gasteiger partial charge is 0.300 e. The van der Waals surface area contributed by atoms with Gasteiger partial charge in [0.05, 0.1) is 16.8 Å². The van der Waals surface area contributed by atoms with Crippen LogP contribution in [0.5, 0.6) is 0 Å². The van der Waals surface area contributed by atoms with E-state index in [9.17, 15) is 19.5 Å². The third kappa shape index (κ3) is 3.49. The first kappa shape index (κ1) is 27.3. The van der Waals surface area contributed by atoms with Crippen LogP contribution in [0.3, 0.4) is 0 Å². The van der Waals surface area contributed by atoms with Crippen LogP contribution in [0.25, 0.3) is 11.5 Å². The Morgan fingerprint density at radius 2 is 1.23 bits per heavy atom. The lowest BCUT2D eigenvalue weighted by molar-refractivity contribution is -0.132. The second kappa shape index (κ2) is 9.47. The SMILES string of the molecule is Cc1ccc(N2C(=O)C3(C4=C2c2ccccc2C4=O)/C(=C(\O)c2ccc(C)cc2C)C(=O)C(=O)N3c2ccc(C)cc2)cc1. The van der Waals surface area contributed by atoms with Crippen LogP contribution in [0.15, 0.2) is 102 Å². The van der Waals surface area contributed by atoms with Crippen LogP contribution in [-0.2, 0) is 14.4 Å². The van der Waals surface area contributed by atoms with E-state index in [-0.39, 0.29) is 11.3 Å².